The van der Waals surface area contributed by atoms with Crippen molar-refractivity contribution in [1.82, 2.24) is 20.5 Å². The Kier molecular flexibility index (Phi) is 7.33. The van der Waals surface area contributed by atoms with Crippen LogP contribution in [0.4, 0.5) is 0 Å². The first-order valence-corrected chi connectivity index (χ1v) is 11.2. The number of benzene rings is 2. The number of hydrogen-bond donors (Lipinski definition) is 4. The quantitative estimate of drug-likeness (QED) is 0.279. The van der Waals surface area contributed by atoms with E-state index in [9.17, 15) is 19.8 Å². The predicted molar refractivity (Wildman–Crippen MR) is 130 cm³/mol. The van der Waals surface area contributed by atoms with Crippen LogP contribution in [0.2, 0.25) is 0 Å². The van der Waals surface area contributed by atoms with Crippen molar-refractivity contribution in [3.63, 3.8) is 0 Å². The normalized spacial score (nSPS) is 12.6. The number of aromatic nitrogens is 3. The lowest BCUT2D eigenvalue weighted by Crippen LogP contribution is -2.32. The molecule has 0 aliphatic heterocycles. The highest BCUT2D eigenvalue weighted by Gasteiger charge is 2.28. The Hall–Kier alpha value is -4.60. The third-order valence-electron chi connectivity index (χ3n) is 5.77. The third-order valence-corrected chi connectivity index (χ3v) is 5.77. The predicted octanol–water partition coefficient (Wildman–Crippen LogP) is 3.11. The van der Waals surface area contributed by atoms with Crippen LogP contribution in [-0.2, 0) is 11.2 Å². The lowest BCUT2D eigenvalue weighted by atomic mass is 9.91. The van der Waals surface area contributed by atoms with Gasteiger partial charge in [-0.1, -0.05) is 36.4 Å². The molecule has 0 spiro atoms. The molecule has 2 aromatic carbocycles. The van der Waals surface area contributed by atoms with Crippen LogP contribution in [0.25, 0.3) is 0 Å². The number of carbonyl (C=O) groups is 1. The number of phenolic OH excluding ortho intramolecular Hbond substituents is 1. The second kappa shape index (κ2) is 10.8. The Morgan fingerprint density at radius 2 is 1.94 bits per heavy atom. The average molecular weight is 491 g/mol. The van der Waals surface area contributed by atoms with Crippen LogP contribution in [-0.4, -0.2) is 38.4 Å². The molecule has 0 saturated heterocycles. The highest BCUT2D eigenvalue weighted by atomic mass is 16.5. The van der Waals surface area contributed by atoms with E-state index in [2.05, 4.69) is 20.5 Å². The van der Waals surface area contributed by atoms with Gasteiger partial charge in [-0.05, 0) is 36.6 Å². The van der Waals surface area contributed by atoms with E-state index in [-0.39, 0.29) is 35.3 Å². The fraction of sp³-hybridized carbons (Fsp3) is 0.231. The van der Waals surface area contributed by atoms with Gasteiger partial charge in [0, 0.05) is 12.5 Å². The number of phenols is 1. The van der Waals surface area contributed by atoms with E-state index in [4.69, 9.17) is 9.15 Å². The van der Waals surface area contributed by atoms with E-state index < -0.39 is 23.1 Å². The molecule has 0 saturated carbocycles. The number of nitrogens with one attached hydrogen (secondary N) is 2. The Morgan fingerprint density at radius 3 is 2.64 bits per heavy atom. The molecule has 2 atom stereocenters. The maximum atomic E-state index is 13.3. The zero-order chi connectivity index (χ0) is 25.7. The second-order valence-electron chi connectivity index (χ2n) is 8.30. The van der Waals surface area contributed by atoms with E-state index >= 15 is 0 Å². The van der Waals surface area contributed by atoms with Gasteiger partial charge in [0.15, 0.2) is 17.3 Å². The van der Waals surface area contributed by atoms with Gasteiger partial charge in [-0.2, -0.15) is 5.10 Å². The summed E-state index contributed by atoms with van der Waals surface area (Å²) in [7, 11) is 1.40. The van der Waals surface area contributed by atoms with Crippen molar-refractivity contribution < 1.29 is 24.2 Å². The molecule has 2 heterocycles. The molecule has 4 aromatic rings. The van der Waals surface area contributed by atoms with Gasteiger partial charge >= 0.3 is 0 Å². The maximum Gasteiger partial charge on any atom is 0.227 e. The zero-order valence-corrected chi connectivity index (χ0v) is 19.8. The molecule has 36 heavy (non-hydrogen) atoms. The van der Waals surface area contributed by atoms with E-state index in [0.29, 0.717) is 17.8 Å². The Balaban J connectivity index is 1.67. The SMILES string of the molecule is COc1cc([C@H](CC(=O)N[C@H](Cc2ccccc2)c2ncn[nH]2)c2oc(C)cc(=O)c2O)ccc1O. The van der Waals surface area contributed by atoms with Gasteiger partial charge in [0.2, 0.25) is 17.1 Å². The van der Waals surface area contributed by atoms with Gasteiger partial charge in [-0.25, -0.2) is 4.98 Å². The molecule has 0 aliphatic carbocycles. The van der Waals surface area contributed by atoms with Crippen LogP contribution in [0.15, 0.2) is 70.1 Å². The molecule has 0 bridgehead atoms. The van der Waals surface area contributed by atoms with Gasteiger partial charge in [-0.3, -0.25) is 14.7 Å². The molecule has 4 rings (SSSR count). The van der Waals surface area contributed by atoms with Crippen LogP contribution in [0.5, 0.6) is 17.2 Å². The summed E-state index contributed by atoms with van der Waals surface area (Å²) in [5.74, 6) is -1.01. The first-order valence-electron chi connectivity index (χ1n) is 11.2. The van der Waals surface area contributed by atoms with Gasteiger partial charge in [0.25, 0.3) is 0 Å². The number of aryl methyl sites for hydroxylation is 1. The third kappa shape index (κ3) is 5.54. The number of ether oxygens (including phenoxy) is 1. The van der Waals surface area contributed by atoms with Crippen molar-refractivity contribution in [3.05, 3.63) is 99.6 Å². The van der Waals surface area contributed by atoms with E-state index in [0.717, 1.165) is 5.56 Å². The molecule has 186 valence electrons. The standard InChI is InChI=1S/C26H26N4O6/c1-15-10-21(32)24(34)25(36-15)18(17-8-9-20(31)22(12-17)35-2)13-23(33)29-19(26-27-14-28-30-26)11-16-6-4-3-5-7-16/h3-10,12,14,18-19,31,34H,11,13H2,1-2H3,(H,29,33)(H,27,28,30)/t18-,19+/m0/s1. The Morgan fingerprint density at radius 1 is 1.17 bits per heavy atom. The van der Waals surface area contributed by atoms with Crippen LogP contribution in [0.1, 0.15) is 46.9 Å². The molecule has 0 radical (unpaired) electrons. The number of methoxy groups -OCH3 is 1. The summed E-state index contributed by atoms with van der Waals surface area (Å²) in [6, 6.07) is 14.8. The lowest BCUT2D eigenvalue weighted by molar-refractivity contribution is -0.122. The largest absolute Gasteiger partial charge is 0.504 e. The molecule has 4 N–H and O–H groups in total. The van der Waals surface area contributed by atoms with E-state index in [1.165, 1.54) is 31.6 Å². The molecule has 1 amide bonds. The number of aromatic amines is 1. The van der Waals surface area contributed by atoms with Crippen molar-refractivity contribution >= 4 is 5.91 Å². The summed E-state index contributed by atoms with van der Waals surface area (Å²) >= 11 is 0. The summed E-state index contributed by atoms with van der Waals surface area (Å²) in [6.45, 7) is 1.58. The maximum absolute atomic E-state index is 13.3. The van der Waals surface area contributed by atoms with E-state index in [1.807, 2.05) is 30.3 Å². The summed E-state index contributed by atoms with van der Waals surface area (Å²) < 4.78 is 10.9. The lowest BCUT2D eigenvalue weighted by Gasteiger charge is -2.21. The van der Waals surface area contributed by atoms with Crippen LogP contribution in [0, 0.1) is 6.92 Å². The number of aromatic hydroxyl groups is 2. The zero-order valence-electron chi connectivity index (χ0n) is 19.8. The number of nitrogens with zero attached hydrogens (tertiary/aromatic N) is 2. The molecule has 0 aliphatic rings. The smallest absolute Gasteiger partial charge is 0.227 e. The topological polar surface area (TPSA) is 151 Å². The fourth-order valence-electron chi connectivity index (χ4n) is 4.02. The molecule has 10 heteroatoms. The molecular weight excluding hydrogens is 464 g/mol. The minimum atomic E-state index is -0.848. The van der Waals surface area contributed by atoms with Gasteiger partial charge in [0.1, 0.15) is 17.9 Å². The van der Waals surface area contributed by atoms with Crippen molar-refractivity contribution in [2.24, 2.45) is 0 Å². The molecule has 2 aromatic heterocycles. The Bertz CT molecular complexity index is 1390. The van der Waals surface area contributed by atoms with E-state index in [1.54, 1.807) is 13.0 Å². The minimum Gasteiger partial charge on any atom is -0.504 e. The minimum absolute atomic E-state index is 0.0535. The molecule has 0 fully saturated rings. The van der Waals surface area contributed by atoms with Crippen LogP contribution < -0.4 is 15.5 Å². The summed E-state index contributed by atoms with van der Waals surface area (Å²) in [6.07, 6.45) is 1.65. The fourth-order valence-corrected chi connectivity index (χ4v) is 4.02. The number of rotatable bonds is 9. The van der Waals surface area contributed by atoms with Crippen molar-refractivity contribution in [3.8, 4) is 17.2 Å². The summed E-state index contributed by atoms with van der Waals surface area (Å²) in [4.78, 5) is 29.8. The summed E-state index contributed by atoms with van der Waals surface area (Å²) in [5, 5.41) is 30.2. The highest BCUT2D eigenvalue weighted by Crippen LogP contribution is 2.37. The highest BCUT2D eigenvalue weighted by molar-refractivity contribution is 5.78. The second-order valence-corrected chi connectivity index (χ2v) is 8.30. The van der Waals surface area contributed by atoms with Crippen LogP contribution in [0.3, 0.4) is 0 Å². The molecule has 10 nitrogen and oxygen atoms in total. The number of carbonyl (C=O) groups excluding carboxylic acids is 1. The van der Waals surface area contributed by atoms with Crippen molar-refractivity contribution in [2.45, 2.75) is 31.7 Å². The van der Waals surface area contributed by atoms with Crippen molar-refractivity contribution in [2.75, 3.05) is 7.11 Å². The average Bonchev–Trinajstić information content (AvgIpc) is 3.41. The summed E-state index contributed by atoms with van der Waals surface area (Å²) in [5.41, 5.74) is 0.873. The Labute approximate surface area is 206 Å². The monoisotopic (exact) mass is 490 g/mol. The van der Waals surface area contributed by atoms with Gasteiger partial charge < -0.3 is 24.7 Å². The molecular formula is C26H26N4O6. The number of H-pyrrole nitrogens is 1. The van der Waals surface area contributed by atoms with Crippen molar-refractivity contribution in [1.29, 1.82) is 0 Å². The number of amides is 1. The first-order chi connectivity index (χ1) is 17.4. The number of hydrogen-bond acceptors (Lipinski definition) is 8. The molecule has 0 unspecified atom stereocenters. The van der Waals surface area contributed by atoms with Gasteiger partial charge in [0.05, 0.1) is 19.1 Å². The van der Waals surface area contributed by atoms with Gasteiger partial charge in [-0.15, -0.1) is 0 Å². The first kappa shape index (κ1) is 24.5. The van der Waals surface area contributed by atoms with Crippen LogP contribution >= 0.6 is 0 Å².